The summed E-state index contributed by atoms with van der Waals surface area (Å²) < 4.78 is 81.1. The highest BCUT2D eigenvalue weighted by Gasteiger charge is 2.52. The highest BCUT2D eigenvalue weighted by molar-refractivity contribution is 5.94. The fraction of sp³-hybridized carbons (Fsp3) is 0.674. The largest absolute Gasteiger partial charge is 0.478 e. The van der Waals surface area contributed by atoms with Crippen LogP contribution in [-0.2, 0) is 15.9 Å². The molecule has 2 saturated carbocycles. The van der Waals surface area contributed by atoms with Crippen LogP contribution in [0.3, 0.4) is 0 Å². The third-order valence-electron chi connectivity index (χ3n) is 10.7. The Morgan fingerprint density at radius 1 is 0.707 bits per heavy atom. The van der Waals surface area contributed by atoms with E-state index in [1.807, 2.05) is 18.7 Å². The second-order valence-corrected chi connectivity index (χ2v) is 16.3. The van der Waals surface area contributed by atoms with Crippen LogP contribution in [0.15, 0.2) is 48.5 Å². The van der Waals surface area contributed by atoms with E-state index in [1.165, 1.54) is 62.8 Å². The number of halogens is 6. The normalized spacial score (nSPS) is 19.3. The van der Waals surface area contributed by atoms with Gasteiger partial charge in [0.1, 0.15) is 0 Å². The van der Waals surface area contributed by atoms with Gasteiger partial charge < -0.3 is 35.2 Å². The lowest BCUT2D eigenvalue weighted by Crippen LogP contribution is -2.45. The number of carboxylic acid groups (broad SMARTS) is 1. The maximum atomic E-state index is 12.9. The average molecular weight is 834 g/mol. The summed E-state index contributed by atoms with van der Waals surface area (Å²) in [6, 6.07) is 10.7. The van der Waals surface area contributed by atoms with E-state index in [9.17, 15) is 46.1 Å². The van der Waals surface area contributed by atoms with Crippen LogP contribution < -0.4 is 5.32 Å². The molecule has 0 aromatic heterocycles. The van der Waals surface area contributed by atoms with Crippen molar-refractivity contribution >= 4 is 11.9 Å². The molecule has 1 amide bonds. The minimum Gasteiger partial charge on any atom is -0.478 e. The van der Waals surface area contributed by atoms with Crippen LogP contribution in [0.5, 0.6) is 0 Å². The first-order valence-corrected chi connectivity index (χ1v) is 20.3. The van der Waals surface area contributed by atoms with Crippen molar-refractivity contribution < 1.29 is 56.0 Å². The summed E-state index contributed by atoms with van der Waals surface area (Å²) in [6.07, 6.45) is 2.83. The highest BCUT2D eigenvalue weighted by atomic mass is 19.4. The maximum Gasteiger partial charge on any atom is 0.421 e. The van der Waals surface area contributed by atoms with E-state index in [0.29, 0.717) is 25.5 Å². The predicted octanol–water partition coefficient (Wildman–Crippen LogP) is 9.06. The zero-order valence-electron chi connectivity index (χ0n) is 35.1. The number of carbonyl (C=O) groups is 2. The molecule has 4 N–H and O–H groups in total. The Hall–Kier alpha value is -3.24. The average Bonchev–Trinajstić information content (AvgIpc) is 3.15. The standard InChI is InChI=1S/C19H26F3NO2.C10H9F3O3.C9H19N.C5H11NO/c1-13(2)23(16-7-5-4-6-8-16)17(24)14-9-11-15(12-10-14)18(3,25)19(20,21)22;1-9(16,10(11,12)13)7-4-2-6(3-5-7)8(14)15;1-8(2)10-9-6-4-3-5-7-9;1-6-2-4-7-5-3-6/h9-13,16,25H,4-8H2,1-3H3;2-5,16H,1H3,(H,14,15);8-10H,3-7H2,1-2H3;2-5H2,1H3. The molecule has 0 bridgehead atoms. The van der Waals surface area contributed by atoms with Crippen molar-refractivity contribution in [2.45, 2.75) is 153 Å². The number of benzene rings is 2. The maximum absolute atomic E-state index is 12.9. The Labute approximate surface area is 340 Å². The molecular formula is C43H65F6N3O6. The SMILES string of the molecule is CC(C)N(C(=O)c1ccc(C(C)(O)C(F)(F)F)cc1)C1CCCCC1.CC(C)NC1CCCCC1.CC(O)(c1ccc(C(=O)O)cc1)C(F)(F)F.CN1CCOCC1. The van der Waals surface area contributed by atoms with Crippen LogP contribution in [0, 0.1) is 0 Å². The first-order chi connectivity index (χ1) is 26.9. The number of nitrogens with zero attached hydrogens (tertiary/aromatic N) is 2. The van der Waals surface area contributed by atoms with E-state index in [1.54, 1.807) is 0 Å². The summed E-state index contributed by atoms with van der Waals surface area (Å²) >= 11 is 0. The van der Waals surface area contributed by atoms with Gasteiger partial charge in [0.15, 0.2) is 11.2 Å². The molecule has 2 aliphatic carbocycles. The van der Waals surface area contributed by atoms with Crippen molar-refractivity contribution in [2.24, 2.45) is 0 Å². The van der Waals surface area contributed by atoms with Gasteiger partial charge in [-0.3, -0.25) is 4.79 Å². The lowest BCUT2D eigenvalue weighted by molar-refractivity contribution is -0.259. The number of morpholine rings is 1. The molecule has 15 heteroatoms. The molecule has 0 spiro atoms. The number of hydrogen-bond acceptors (Lipinski definition) is 7. The molecular weight excluding hydrogens is 768 g/mol. The molecule has 330 valence electrons. The number of amides is 1. The Bertz CT molecular complexity index is 1500. The molecule has 1 heterocycles. The van der Waals surface area contributed by atoms with Crippen LogP contribution in [0.1, 0.15) is 138 Å². The Kier molecular flexibility index (Phi) is 20.1. The van der Waals surface area contributed by atoms with E-state index in [-0.39, 0.29) is 29.1 Å². The third kappa shape index (κ3) is 15.7. The Morgan fingerprint density at radius 3 is 1.43 bits per heavy atom. The number of alkyl halides is 6. The van der Waals surface area contributed by atoms with E-state index < -0.39 is 35.1 Å². The zero-order chi connectivity index (χ0) is 43.9. The molecule has 5 rings (SSSR count). The number of ether oxygens (including phenoxy) is 1. The van der Waals surface area contributed by atoms with Crippen molar-refractivity contribution in [3.05, 3.63) is 70.8 Å². The Balaban J connectivity index is 0.000000298. The van der Waals surface area contributed by atoms with Gasteiger partial charge >= 0.3 is 18.3 Å². The van der Waals surface area contributed by atoms with Gasteiger partial charge in [0, 0.05) is 42.8 Å². The minimum absolute atomic E-state index is 0.0218. The van der Waals surface area contributed by atoms with Gasteiger partial charge in [0.2, 0.25) is 0 Å². The molecule has 9 nitrogen and oxygen atoms in total. The van der Waals surface area contributed by atoms with E-state index in [0.717, 1.165) is 82.3 Å². The van der Waals surface area contributed by atoms with Crippen LogP contribution in [0.4, 0.5) is 26.3 Å². The number of likely N-dealkylation sites (N-methyl/N-ethyl adjacent to an activating group) is 1. The second-order valence-electron chi connectivity index (χ2n) is 16.3. The van der Waals surface area contributed by atoms with Crippen molar-refractivity contribution in [3.8, 4) is 0 Å². The fourth-order valence-electron chi connectivity index (χ4n) is 6.93. The molecule has 2 aromatic carbocycles. The van der Waals surface area contributed by atoms with Gasteiger partial charge in [-0.25, -0.2) is 4.79 Å². The molecule has 1 aliphatic heterocycles. The molecule has 0 radical (unpaired) electrons. The van der Waals surface area contributed by atoms with Gasteiger partial charge in [0.25, 0.3) is 5.91 Å². The number of carboxylic acids is 1. The number of rotatable bonds is 8. The smallest absolute Gasteiger partial charge is 0.421 e. The van der Waals surface area contributed by atoms with Crippen molar-refractivity contribution in [2.75, 3.05) is 33.4 Å². The predicted molar refractivity (Wildman–Crippen MR) is 213 cm³/mol. The summed E-state index contributed by atoms with van der Waals surface area (Å²) in [7, 11) is 2.11. The summed E-state index contributed by atoms with van der Waals surface area (Å²) in [5, 5.41) is 31.1. The third-order valence-corrected chi connectivity index (χ3v) is 10.7. The molecule has 58 heavy (non-hydrogen) atoms. The van der Waals surface area contributed by atoms with Crippen molar-refractivity contribution in [1.82, 2.24) is 15.1 Å². The molecule has 1 saturated heterocycles. The second kappa shape index (κ2) is 22.9. The topological polar surface area (TPSA) is 123 Å². The summed E-state index contributed by atoms with van der Waals surface area (Å²) in [6.45, 7) is 13.7. The monoisotopic (exact) mass is 833 g/mol. The quantitative estimate of drug-likeness (QED) is 0.195. The molecule has 3 fully saturated rings. The van der Waals surface area contributed by atoms with Gasteiger partial charge in [-0.2, -0.15) is 26.3 Å². The Morgan fingerprint density at radius 2 is 1.10 bits per heavy atom. The molecule has 3 aliphatic rings. The summed E-state index contributed by atoms with van der Waals surface area (Å²) in [5.74, 6) is -1.40. The number of hydrogen-bond donors (Lipinski definition) is 4. The van der Waals surface area contributed by atoms with Gasteiger partial charge in [-0.05, 0) is 95.8 Å². The van der Waals surface area contributed by atoms with E-state index in [2.05, 4.69) is 31.1 Å². The molecule has 2 atom stereocenters. The van der Waals surface area contributed by atoms with Crippen LogP contribution in [-0.4, -0.2) is 107 Å². The lowest BCUT2D eigenvalue weighted by atomic mass is 9.92. The van der Waals surface area contributed by atoms with Crippen LogP contribution in [0.25, 0.3) is 0 Å². The minimum atomic E-state index is -4.81. The number of carbonyl (C=O) groups excluding carboxylic acids is 1. The number of aliphatic hydroxyl groups is 2. The van der Waals surface area contributed by atoms with E-state index >= 15 is 0 Å². The summed E-state index contributed by atoms with van der Waals surface area (Å²) in [5.41, 5.74) is -6.38. The van der Waals surface area contributed by atoms with Gasteiger partial charge in [-0.15, -0.1) is 0 Å². The van der Waals surface area contributed by atoms with Crippen LogP contribution >= 0.6 is 0 Å². The lowest BCUT2D eigenvalue weighted by Gasteiger charge is -2.37. The van der Waals surface area contributed by atoms with Crippen molar-refractivity contribution in [1.29, 1.82) is 0 Å². The van der Waals surface area contributed by atoms with Gasteiger partial charge in [-0.1, -0.05) is 76.6 Å². The number of nitrogens with one attached hydrogen (secondary N) is 1. The van der Waals surface area contributed by atoms with Crippen LogP contribution in [0.2, 0.25) is 0 Å². The zero-order valence-corrected chi connectivity index (χ0v) is 35.1. The number of aromatic carboxylic acids is 1. The first-order valence-electron chi connectivity index (χ1n) is 20.3. The van der Waals surface area contributed by atoms with Gasteiger partial charge in [0.05, 0.1) is 18.8 Å². The molecule has 2 unspecified atom stereocenters. The summed E-state index contributed by atoms with van der Waals surface area (Å²) in [4.78, 5) is 27.5. The van der Waals surface area contributed by atoms with Crippen molar-refractivity contribution in [3.63, 3.8) is 0 Å². The fourth-order valence-corrected chi connectivity index (χ4v) is 6.93. The molecule has 2 aromatic rings. The first kappa shape index (κ1) is 50.9. The highest BCUT2D eigenvalue weighted by Crippen LogP contribution is 2.39. The van der Waals surface area contributed by atoms with E-state index in [4.69, 9.17) is 9.84 Å².